The standard InChI is InChI=1S/C17H13Cl4N5OS/c1-8-3-4-12(9(2)5-8)26-17(23-24-25-26)28-7-13(27)22-16-14(20)10(18)6-11(19)15(16)21/h3-6H,7H2,1-2H3,(H,22,27). The van der Waals surface area contributed by atoms with Crippen LogP contribution in [0.2, 0.25) is 20.1 Å². The number of anilines is 1. The van der Waals surface area contributed by atoms with Crippen molar-refractivity contribution < 1.29 is 4.79 Å². The predicted octanol–water partition coefficient (Wildman–Crippen LogP) is 5.62. The average Bonchev–Trinajstić information content (AvgIpc) is 3.10. The zero-order valence-electron chi connectivity index (χ0n) is 14.6. The van der Waals surface area contributed by atoms with Crippen molar-refractivity contribution >= 4 is 69.8 Å². The topological polar surface area (TPSA) is 72.7 Å². The molecule has 0 spiro atoms. The molecule has 0 aliphatic carbocycles. The van der Waals surface area contributed by atoms with Gasteiger partial charge in [-0.3, -0.25) is 4.79 Å². The first-order valence-electron chi connectivity index (χ1n) is 7.89. The van der Waals surface area contributed by atoms with Crippen molar-refractivity contribution in [3.05, 3.63) is 55.5 Å². The number of carbonyl (C=O) groups excluding carboxylic acids is 1. The summed E-state index contributed by atoms with van der Waals surface area (Å²) in [6.45, 7) is 3.98. The van der Waals surface area contributed by atoms with Crippen LogP contribution in [0.4, 0.5) is 5.69 Å². The summed E-state index contributed by atoms with van der Waals surface area (Å²) in [5.74, 6) is -0.329. The number of tetrazole rings is 1. The minimum atomic E-state index is -0.359. The molecule has 0 saturated heterocycles. The third kappa shape index (κ3) is 4.55. The van der Waals surface area contributed by atoms with E-state index in [9.17, 15) is 4.79 Å². The molecule has 6 nitrogen and oxygen atoms in total. The Labute approximate surface area is 185 Å². The highest BCUT2D eigenvalue weighted by Crippen LogP contribution is 2.41. The summed E-state index contributed by atoms with van der Waals surface area (Å²) in [5, 5.41) is 15.4. The van der Waals surface area contributed by atoms with E-state index in [0.29, 0.717) is 5.16 Å². The Bertz CT molecular complexity index is 1030. The number of thioether (sulfide) groups is 1. The van der Waals surface area contributed by atoms with Gasteiger partial charge in [-0.05, 0) is 42.0 Å². The van der Waals surface area contributed by atoms with Crippen molar-refractivity contribution in [1.29, 1.82) is 0 Å². The van der Waals surface area contributed by atoms with E-state index >= 15 is 0 Å². The quantitative estimate of drug-likeness (QED) is 0.382. The fourth-order valence-electron chi connectivity index (χ4n) is 2.45. The van der Waals surface area contributed by atoms with Crippen LogP contribution >= 0.6 is 58.2 Å². The van der Waals surface area contributed by atoms with Crippen LogP contribution in [0.15, 0.2) is 29.4 Å². The van der Waals surface area contributed by atoms with Crippen LogP contribution in [0, 0.1) is 13.8 Å². The molecule has 2 aromatic carbocycles. The van der Waals surface area contributed by atoms with Crippen LogP contribution in [-0.2, 0) is 4.79 Å². The summed E-state index contributed by atoms with van der Waals surface area (Å²) in [6.07, 6.45) is 0. The number of aryl methyl sites for hydroxylation is 2. The van der Waals surface area contributed by atoms with E-state index in [2.05, 4.69) is 20.8 Å². The molecule has 1 amide bonds. The minimum absolute atomic E-state index is 0.0298. The number of rotatable bonds is 5. The highest BCUT2D eigenvalue weighted by atomic mass is 35.5. The molecule has 0 fully saturated rings. The second-order valence-corrected chi connectivity index (χ2v) is 8.36. The molecule has 11 heteroatoms. The van der Waals surface area contributed by atoms with Gasteiger partial charge >= 0.3 is 0 Å². The number of nitrogens with one attached hydrogen (secondary N) is 1. The Morgan fingerprint density at radius 2 is 1.79 bits per heavy atom. The molecule has 3 aromatic rings. The third-order valence-electron chi connectivity index (χ3n) is 3.73. The Hall–Kier alpha value is -1.51. The Morgan fingerprint density at radius 3 is 2.43 bits per heavy atom. The van der Waals surface area contributed by atoms with Gasteiger partial charge in [0.15, 0.2) is 0 Å². The summed E-state index contributed by atoms with van der Waals surface area (Å²) in [4.78, 5) is 12.4. The molecule has 0 saturated carbocycles. The van der Waals surface area contributed by atoms with Crippen molar-refractivity contribution in [1.82, 2.24) is 20.2 Å². The fourth-order valence-corrected chi connectivity index (χ4v) is 4.04. The molecule has 1 N–H and O–H groups in total. The van der Waals surface area contributed by atoms with Crippen LogP contribution in [0.1, 0.15) is 11.1 Å². The number of aromatic nitrogens is 4. The molecule has 0 bridgehead atoms. The molecular formula is C17H13Cl4N5OS. The third-order valence-corrected chi connectivity index (χ3v) is 6.22. The van der Waals surface area contributed by atoms with Crippen LogP contribution in [-0.4, -0.2) is 31.9 Å². The van der Waals surface area contributed by atoms with E-state index in [1.165, 1.54) is 17.8 Å². The van der Waals surface area contributed by atoms with Crippen LogP contribution in [0.5, 0.6) is 0 Å². The van der Waals surface area contributed by atoms with Crippen molar-refractivity contribution in [3.63, 3.8) is 0 Å². The zero-order valence-corrected chi connectivity index (χ0v) is 18.5. The van der Waals surface area contributed by atoms with Crippen molar-refractivity contribution in [3.8, 4) is 5.69 Å². The number of carbonyl (C=O) groups is 1. The molecule has 0 radical (unpaired) electrons. The summed E-state index contributed by atoms with van der Waals surface area (Å²) in [5.41, 5.74) is 3.16. The van der Waals surface area contributed by atoms with E-state index in [-0.39, 0.29) is 37.4 Å². The van der Waals surface area contributed by atoms with E-state index in [4.69, 9.17) is 46.4 Å². The Balaban J connectivity index is 1.74. The largest absolute Gasteiger partial charge is 0.323 e. The van der Waals surface area contributed by atoms with Gasteiger partial charge in [0, 0.05) is 0 Å². The smallest absolute Gasteiger partial charge is 0.234 e. The first-order chi connectivity index (χ1) is 13.3. The van der Waals surface area contributed by atoms with E-state index in [0.717, 1.165) is 16.8 Å². The van der Waals surface area contributed by atoms with Crippen molar-refractivity contribution in [2.75, 3.05) is 11.1 Å². The molecule has 3 rings (SSSR count). The first kappa shape index (κ1) is 21.2. The van der Waals surface area contributed by atoms with Gasteiger partial charge in [0.2, 0.25) is 11.1 Å². The lowest BCUT2D eigenvalue weighted by molar-refractivity contribution is -0.113. The number of nitrogens with zero attached hydrogens (tertiary/aromatic N) is 4. The maximum atomic E-state index is 12.4. The maximum Gasteiger partial charge on any atom is 0.234 e. The maximum absolute atomic E-state index is 12.4. The fraction of sp³-hybridized carbons (Fsp3) is 0.176. The van der Waals surface area contributed by atoms with Crippen molar-refractivity contribution in [2.24, 2.45) is 0 Å². The highest BCUT2D eigenvalue weighted by Gasteiger charge is 2.18. The van der Waals surface area contributed by atoms with Crippen LogP contribution < -0.4 is 5.32 Å². The van der Waals surface area contributed by atoms with Gasteiger partial charge in [0.25, 0.3) is 0 Å². The molecule has 0 aliphatic heterocycles. The molecule has 0 atom stereocenters. The van der Waals surface area contributed by atoms with Crippen LogP contribution in [0.25, 0.3) is 5.69 Å². The van der Waals surface area contributed by atoms with Gasteiger partial charge in [-0.1, -0.05) is 75.9 Å². The average molecular weight is 477 g/mol. The molecule has 1 heterocycles. The summed E-state index contributed by atoms with van der Waals surface area (Å²) in [6, 6.07) is 7.35. The van der Waals surface area contributed by atoms with Crippen molar-refractivity contribution in [2.45, 2.75) is 19.0 Å². The lowest BCUT2D eigenvalue weighted by Gasteiger charge is -2.12. The second kappa shape index (κ2) is 8.88. The number of benzene rings is 2. The predicted molar refractivity (Wildman–Crippen MR) is 114 cm³/mol. The summed E-state index contributed by atoms with van der Waals surface area (Å²) < 4.78 is 1.59. The van der Waals surface area contributed by atoms with Crippen LogP contribution in [0.3, 0.4) is 0 Å². The zero-order chi connectivity index (χ0) is 20.4. The van der Waals surface area contributed by atoms with Gasteiger partial charge in [-0.2, -0.15) is 4.68 Å². The van der Waals surface area contributed by atoms with Gasteiger partial charge in [0.05, 0.1) is 37.2 Å². The van der Waals surface area contributed by atoms with Gasteiger partial charge in [-0.25, -0.2) is 0 Å². The molecule has 28 heavy (non-hydrogen) atoms. The lowest BCUT2D eigenvalue weighted by atomic mass is 10.1. The highest BCUT2D eigenvalue weighted by molar-refractivity contribution is 7.99. The number of halogens is 4. The van der Waals surface area contributed by atoms with E-state index in [1.807, 2.05) is 32.0 Å². The SMILES string of the molecule is Cc1ccc(-n2nnnc2SCC(=O)Nc2c(Cl)c(Cl)cc(Cl)c2Cl)c(C)c1. The first-order valence-corrected chi connectivity index (χ1v) is 10.4. The van der Waals surface area contributed by atoms with E-state index < -0.39 is 0 Å². The molecule has 1 aromatic heterocycles. The number of amides is 1. The molecule has 0 unspecified atom stereocenters. The lowest BCUT2D eigenvalue weighted by Crippen LogP contribution is -2.15. The number of hydrogen-bond donors (Lipinski definition) is 1. The minimum Gasteiger partial charge on any atom is -0.323 e. The van der Waals surface area contributed by atoms with Gasteiger partial charge in [0.1, 0.15) is 0 Å². The Kier molecular flexibility index (Phi) is 6.73. The van der Waals surface area contributed by atoms with Gasteiger partial charge in [-0.15, -0.1) is 5.10 Å². The monoisotopic (exact) mass is 475 g/mol. The Morgan fingerprint density at radius 1 is 1.11 bits per heavy atom. The summed E-state index contributed by atoms with van der Waals surface area (Å²) in [7, 11) is 0. The summed E-state index contributed by atoms with van der Waals surface area (Å²) >= 11 is 25.4. The normalized spacial score (nSPS) is 10.9. The van der Waals surface area contributed by atoms with Gasteiger partial charge < -0.3 is 5.32 Å². The second-order valence-electron chi connectivity index (χ2n) is 5.84. The van der Waals surface area contributed by atoms with E-state index in [1.54, 1.807) is 4.68 Å². The number of hydrogen-bond acceptors (Lipinski definition) is 5. The molecular weight excluding hydrogens is 464 g/mol. The molecule has 0 aliphatic rings. The molecule has 146 valence electrons.